The molecule has 1 unspecified atom stereocenters. The molecule has 0 aliphatic heterocycles. The number of hydrogen-bond acceptors (Lipinski definition) is 4. The normalized spacial score (nSPS) is 12.8. The average Bonchev–Trinajstić information content (AvgIpc) is 2.93. The minimum Gasteiger partial charge on any atom is -0.313 e. The highest BCUT2D eigenvalue weighted by Gasteiger charge is 2.15. The molecule has 108 valence electrons. The summed E-state index contributed by atoms with van der Waals surface area (Å²) in [6, 6.07) is 9.29. The average molecular weight is 290 g/mol. The van der Waals surface area contributed by atoms with Crippen LogP contribution >= 0.6 is 11.8 Å². The minimum atomic E-state index is 0.257. The van der Waals surface area contributed by atoms with Gasteiger partial charge in [0.2, 0.25) is 0 Å². The fourth-order valence-corrected chi connectivity index (χ4v) is 2.67. The zero-order valence-corrected chi connectivity index (χ0v) is 13.3. The number of nitrogens with zero attached hydrogens (tertiary/aromatic N) is 3. The van der Waals surface area contributed by atoms with Gasteiger partial charge in [-0.1, -0.05) is 12.1 Å². The van der Waals surface area contributed by atoms with Gasteiger partial charge < -0.3 is 5.32 Å². The highest BCUT2D eigenvalue weighted by atomic mass is 32.2. The molecule has 1 atom stereocenters. The first-order valence-corrected chi connectivity index (χ1v) is 8.07. The van der Waals surface area contributed by atoms with Crippen LogP contribution in [0.2, 0.25) is 0 Å². The minimum absolute atomic E-state index is 0.257. The van der Waals surface area contributed by atoms with Crippen molar-refractivity contribution in [2.45, 2.75) is 37.2 Å². The lowest BCUT2D eigenvalue weighted by molar-refractivity contribution is 0.478. The summed E-state index contributed by atoms with van der Waals surface area (Å²) >= 11 is 1.76. The van der Waals surface area contributed by atoms with Gasteiger partial charge in [0.1, 0.15) is 12.2 Å². The molecule has 2 aromatic rings. The molecule has 20 heavy (non-hydrogen) atoms. The predicted molar refractivity (Wildman–Crippen MR) is 84.1 cm³/mol. The fourth-order valence-electron chi connectivity index (χ4n) is 2.26. The summed E-state index contributed by atoms with van der Waals surface area (Å²) < 4.78 is 1.99. The summed E-state index contributed by atoms with van der Waals surface area (Å²) in [7, 11) is 1.99. The van der Waals surface area contributed by atoms with Crippen molar-refractivity contribution in [3.8, 4) is 0 Å². The van der Waals surface area contributed by atoms with Gasteiger partial charge in [0.05, 0.1) is 0 Å². The number of benzene rings is 1. The van der Waals surface area contributed by atoms with Gasteiger partial charge >= 0.3 is 0 Å². The van der Waals surface area contributed by atoms with Gasteiger partial charge in [0.15, 0.2) is 0 Å². The molecular formula is C15H22N4S. The lowest BCUT2D eigenvalue weighted by atomic mass is 10.0. The quantitative estimate of drug-likeness (QED) is 0.830. The first kappa shape index (κ1) is 15.1. The van der Waals surface area contributed by atoms with Gasteiger partial charge in [0.25, 0.3) is 0 Å². The van der Waals surface area contributed by atoms with E-state index in [1.165, 1.54) is 10.5 Å². The number of aromatic nitrogens is 3. The molecule has 0 aliphatic rings. The van der Waals surface area contributed by atoms with Crippen LogP contribution < -0.4 is 5.32 Å². The lowest BCUT2D eigenvalue weighted by Crippen LogP contribution is -2.21. The first-order valence-electron chi connectivity index (χ1n) is 6.85. The van der Waals surface area contributed by atoms with Crippen LogP contribution in [0, 0.1) is 0 Å². The molecule has 0 amide bonds. The Kier molecular flexibility index (Phi) is 5.20. The summed E-state index contributed by atoms with van der Waals surface area (Å²) in [5, 5.41) is 7.67. The van der Waals surface area contributed by atoms with E-state index in [1.54, 1.807) is 18.1 Å². The smallest absolute Gasteiger partial charge is 0.138 e. The van der Waals surface area contributed by atoms with Gasteiger partial charge in [-0.2, -0.15) is 5.10 Å². The molecule has 1 heterocycles. The van der Waals surface area contributed by atoms with Crippen molar-refractivity contribution < 1.29 is 0 Å². The zero-order valence-electron chi connectivity index (χ0n) is 12.5. The molecule has 1 aromatic heterocycles. The SMILES string of the molecule is CNC(Cc1ncnn1C(C)C)c1ccc(SC)cc1. The van der Waals surface area contributed by atoms with Crippen molar-refractivity contribution in [3.05, 3.63) is 42.0 Å². The van der Waals surface area contributed by atoms with Crippen LogP contribution in [-0.2, 0) is 6.42 Å². The molecule has 0 radical (unpaired) electrons. The van der Waals surface area contributed by atoms with Crippen molar-refractivity contribution in [2.75, 3.05) is 13.3 Å². The Morgan fingerprint density at radius 3 is 2.50 bits per heavy atom. The van der Waals surface area contributed by atoms with E-state index in [1.807, 2.05) is 11.7 Å². The van der Waals surface area contributed by atoms with Crippen LogP contribution in [0.15, 0.2) is 35.5 Å². The molecular weight excluding hydrogens is 268 g/mol. The van der Waals surface area contributed by atoms with Crippen LogP contribution in [0.4, 0.5) is 0 Å². The summed E-state index contributed by atoms with van der Waals surface area (Å²) in [5.74, 6) is 1.02. The van der Waals surface area contributed by atoms with E-state index in [4.69, 9.17) is 0 Å². The van der Waals surface area contributed by atoms with E-state index in [0.29, 0.717) is 6.04 Å². The van der Waals surface area contributed by atoms with Crippen molar-refractivity contribution in [1.82, 2.24) is 20.1 Å². The van der Waals surface area contributed by atoms with Crippen LogP contribution in [-0.4, -0.2) is 28.1 Å². The maximum absolute atomic E-state index is 4.39. The van der Waals surface area contributed by atoms with Gasteiger partial charge in [-0.25, -0.2) is 9.67 Å². The number of rotatable bonds is 6. The maximum atomic E-state index is 4.39. The van der Waals surface area contributed by atoms with Crippen LogP contribution in [0.5, 0.6) is 0 Å². The molecule has 0 bridgehead atoms. The zero-order chi connectivity index (χ0) is 14.5. The predicted octanol–water partition coefficient (Wildman–Crippen LogP) is 3.08. The molecule has 1 N–H and O–H groups in total. The maximum Gasteiger partial charge on any atom is 0.138 e. The third-order valence-electron chi connectivity index (χ3n) is 3.39. The Morgan fingerprint density at radius 1 is 1.25 bits per heavy atom. The highest BCUT2D eigenvalue weighted by Crippen LogP contribution is 2.22. The second-order valence-corrected chi connectivity index (χ2v) is 5.91. The Bertz CT molecular complexity index is 533. The molecule has 0 saturated heterocycles. The molecule has 0 fully saturated rings. The van der Waals surface area contributed by atoms with Gasteiger partial charge in [-0.05, 0) is 44.8 Å². The second-order valence-electron chi connectivity index (χ2n) is 5.03. The Balaban J connectivity index is 2.17. The molecule has 0 saturated carbocycles. The van der Waals surface area contributed by atoms with Crippen molar-refractivity contribution in [2.24, 2.45) is 0 Å². The topological polar surface area (TPSA) is 42.7 Å². The molecule has 2 rings (SSSR count). The Morgan fingerprint density at radius 2 is 1.95 bits per heavy atom. The van der Waals surface area contributed by atoms with Crippen molar-refractivity contribution in [3.63, 3.8) is 0 Å². The standard InChI is InChI=1S/C15H22N4S/c1-11(2)19-15(17-10-18-19)9-14(16-3)12-5-7-13(20-4)8-6-12/h5-8,10-11,14,16H,9H2,1-4H3. The summed E-state index contributed by atoms with van der Waals surface area (Å²) in [4.78, 5) is 5.68. The highest BCUT2D eigenvalue weighted by molar-refractivity contribution is 7.98. The molecule has 5 heteroatoms. The molecule has 0 aliphatic carbocycles. The van der Waals surface area contributed by atoms with Gasteiger partial charge in [-0.3, -0.25) is 0 Å². The second kappa shape index (κ2) is 6.90. The van der Waals surface area contributed by atoms with Crippen LogP contribution in [0.25, 0.3) is 0 Å². The Hall–Kier alpha value is -1.33. The van der Waals surface area contributed by atoms with Gasteiger partial charge in [-0.15, -0.1) is 11.8 Å². The third kappa shape index (κ3) is 3.41. The van der Waals surface area contributed by atoms with Crippen LogP contribution in [0.3, 0.4) is 0 Å². The van der Waals surface area contributed by atoms with Crippen molar-refractivity contribution >= 4 is 11.8 Å². The van der Waals surface area contributed by atoms with Crippen molar-refractivity contribution in [1.29, 1.82) is 0 Å². The summed E-state index contributed by atoms with van der Waals surface area (Å²) in [6.07, 6.45) is 4.57. The van der Waals surface area contributed by atoms with E-state index in [9.17, 15) is 0 Å². The largest absolute Gasteiger partial charge is 0.313 e. The fraction of sp³-hybridized carbons (Fsp3) is 0.467. The summed E-state index contributed by atoms with van der Waals surface area (Å²) in [6.45, 7) is 4.25. The van der Waals surface area contributed by atoms with E-state index >= 15 is 0 Å². The summed E-state index contributed by atoms with van der Waals surface area (Å²) in [5.41, 5.74) is 1.28. The number of nitrogens with one attached hydrogen (secondary N) is 1. The number of hydrogen-bond donors (Lipinski definition) is 1. The molecule has 1 aromatic carbocycles. The van der Waals surface area contributed by atoms with E-state index in [0.717, 1.165) is 12.2 Å². The molecule has 0 spiro atoms. The molecule has 4 nitrogen and oxygen atoms in total. The first-order chi connectivity index (χ1) is 9.65. The van der Waals surface area contributed by atoms with E-state index < -0.39 is 0 Å². The van der Waals surface area contributed by atoms with Gasteiger partial charge in [0, 0.05) is 23.4 Å². The number of thioether (sulfide) groups is 1. The lowest BCUT2D eigenvalue weighted by Gasteiger charge is -2.18. The Labute approximate surface area is 125 Å². The third-order valence-corrected chi connectivity index (χ3v) is 4.13. The number of likely N-dealkylation sites (N-methyl/N-ethyl adjacent to an activating group) is 1. The van der Waals surface area contributed by atoms with Crippen LogP contribution in [0.1, 0.15) is 37.3 Å². The monoisotopic (exact) mass is 290 g/mol. The van der Waals surface area contributed by atoms with E-state index in [-0.39, 0.29) is 6.04 Å². The van der Waals surface area contributed by atoms with E-state index in [2.05, 4.69) is 59.8 Å².